The van der Waals surface area contributed by atoms with E-state index in [9.17, 15) is 4.79 Å². The van der Waals surface area contributed by atoms with Gasteiger partial charge in [-0.05, 0) is 55.8 Å². The molecule has 1 aliphatic carbocycles. The zero-order valence-electron chi connectivity index (χ0n) is 15.7. The number of hydrogen-bond donors (Lipinski definition) is 2. The van der Waals surface area contributed by atoms with Crippen LogP contribution in [-0.4, -0.2) is 42.0 Å². The Kier molecular flexibility index (Phi) is 5.39. The molecule has 1 atom stereocenters. The smallest absolute Gasteiger partial charge is 0.234 e. The summed E-state index contributed by atoms with van der Waals surface area (Å²) in [6, 6.07) is 16.3. The van der Waals surface area contributed by atoms with Gasteiger partial charge in [-0.15, -0.1) is 0 Å². The fourth-order valence-electron chi connectivity index (χ4n) is 4.22. The molecule has 2 aromatic rings. The molecule has 142 valence electrons. The molecule has 2 heterocycles. The highest BCUT2D eigenvalue weighted by Gasteiger charge is 2.40. The molecule has 4 rings (SSSR count). The minimum absolute atomic E-state index is 0.141. The van der Waals surface area contributed by atoms with Crippen molar-refractivity contribution >= 4 is 11.7 Å². The predicted molar refractivity (Wildman–Crippen MR) is 107 cm³/mol. The summed E-state index contributed by atoms with van der Waals surface area (Å²) >= 11 is 0. The van der Waals surface area contributed by atoms with Crippen LogP contribution < -0.4 is 10.6 Å². The zero-order valence-corrected chi connectivity index (χ0v) is 15.7. The van der Waals surface area contributed by atoms with Crippen LogP contribution in [0.4, 0.5) is 5.82 Å². The molecule has 0 unspecified atom stereocenters. The topological polar surface area (TPSA) is 57.3 Å². The zero-order chi connectivity index (χ0) is 18.5. The number of nitrogens with one attached hydrogen (secondary N) is 2. The lowest BCUT2D eigenvalue weighted by atomic mass is 9.72. The second kappa shape index (κ2) is 8.09. The molecule has 1 saturated carbocycles. The second-order valence-electron chi connectivity index (χ2n) is 7.84. The van der Waals surface area contributed by atoms with Crippen molar-refractivity contribution < 1.29 is 4.79 Å². The maximum atomic E-state index is 12.7. The lowest BCUT2D eigenvalue weighted by molar-refractivity contribution is -0.125. The number of benzene rings is 1. The number of nitrogens with zero attached hydrogens (tertiary/aromatic N) is 2. The Morgan fingerprint density at radius 1 is 1.15 bits per heavy atom. The largest absolute Gasteiger partial charge is 0.370 e. The van der Waals surface area contributed by atoms with Gasteiger partial charge in [0.25, 0.3) is 0 Å². The van der Waals surface area contributed by atoms with E-state index in [1.54, 1.807) is 6.20 Å². The Morgan fingerprint density at radius 3 is 2.67 bits per heavy atom. The van der Waals surface area contributed by atoms with E-state index in [0.717, 1.165) is 44.7 Å². The van der Waals surface area contributed by atoms with Crippen molar-refractivity contribution in [2.24, 2.45) is 5.92 Å². The van der Waals surface area contributed by atoms with Gasteiger partial charge >= 0.3 is 0 Å². The molecule has 5 nitrogen and oxygen atoms in total. The molecule has 1 amide bonds. The van der Waals surface area contributed by atoms with Crippen LogP contribution in [0.2, 0.25) is 0 Å². The van der Waals surface area contributed by atoms with Crippen LogP contribution >= 0.6 is 0 Å². The lowest BCUT2D eigenvalue weighted by Gasteiger charge is -2.43. The van der Waals surface area contributed by atoms with Gasteiger partial charge in [0.05, 0.1) is 12.1 Å². The van der Waals surface area contributed by atoms with Gasteiger partial charge in [-0.2, -0.15) is 0 Å². The van der Waals surface area contributed by atoms with E-state index in [0.29, 0.717) is 12.5 Å². The molecule has 27 heavy (non-hydrogen) atoms. The molecule has 0 radical (unpaired) electrons. The highest BCUT2D eigenvalue weighted by atomic mass is 16.2. The van der Waals surface area contributed by atoms with Crippen molar-refractivity contribution in [2.45, 2.75) is 31.2 Å². The maximum absolute atomic E-state index is 12.7. The van der Waals surface area contributed by atoms with Gasteiger partial charge in [0.1, 0.15) is 5.82 Å². The highest BCUT2D eigenvalue weighted by Crippen LogP contribution is 2.41. The van der Waals surface area contributed by atoms with E-state index >= 15 is 0 Å². The van der Waals surface area contributed by atoms with Crippen molar-refractivity contribution in [3.63, 3.8) is 0 Å². The van der Waals surface area contributed by atoms with Gasteiger partial charge in [0.2, 0.25) is 5.91 Å². The van der Waals surface area contributed by atoms with Crippen LogP contribution in [0.15, 0.2) is 54.7 Å². The molecule has 0 bridgehead atoms. The van der Waals surface area contributed by atoms with E-state index in [4.69, 9.17) is 0 Å². The van der Waals surface area contributed by atoms with Crippen molar-refractivity contribution in [1.29, 1.82) is 0 Å². The normalized spacial score (nSPS) is 21.4. The van der Waals surface area contributed by atoms with Crippen molar-refractivity contribution in [3.05, 3.63) is 60.3 Å². The summed E-state index contributed by atoms with van der Waals surface area (Å²) in [6.07, 6.45) is 6.19. The van der Waals surface area contributed by atoms with Gasteiger partial charge in [0.15, 0.2) is 0 Å². The standard InChI is InChI=1S/C22H28N4O/c27-21(25-22(11-6-12-22)19-7-2-1-3-8-19)17-26-14-10-18(16-26)15-24-20-9-4-5-13-23-20/h1-5,7-9,13,18H,6,10-12,14-17H2,(H,23,24)(H,25,27)/t18-/m1/s1. The van der Waals surface area contributed by atoms with Crippen LogP contribution in [-0.2, 0) is 10.3 Å². The molecule has 0 spiro atoms. The van der Waals surface area contributed by atoms with Crippen molar-refractivity contribution in [3.8, 4) is 0 Å². The first-order chi connectivity index (χ1) is 13.2. The highest BCUT2D eigenvalue weighted by molar-refractivity contribution is 5.79. The van der Waals surface area contributed by atoms with E-state index in [2.05, 4.69) is 44.8 Å². The third-order valence-corrected chi connectivity index (χ3v) is 5.89. The number of likely N-dealkylation sites (tertiary alicyclic amines) is 1. The molecule has 5 heteroatoms. The third kappa shape index (κ3) is 4.30. The fourth-order valence-corrected chi connectivity index (χ4v) is 4.22. The molecular formula is C22H28N4O. The van der Waals surface area contributed by atoms with Gasteiger partial charge < -0.3 is 10.6 Å². The predicted octanol–water partition coefficient (Wildman–Crippen LogP) is 3.01. The molecule has 1 aromatic carbocycles. The number of carbonyl (C=O) groups is 1. The van der Waals surface area contributed by atoms with Crippen LogP contribution in [0.25, 0.3) is 0 Å². The van der Waals surface area contributed by atoms with Crippen molar-refractivity contribution in [1.82, 2.24) is 15.2 Å². The quantitative estimate of drug-likeness (QED) is 0.793. The number of pyridine rings is 1. The molecule has 2 fully saturated rings. The minimum atomic E-state index is -0.141. The Balaban J connectivity index is 1.25. The average Bonchev–Trinajstić information content (AvgIpc) is 3.12. The Hall–Kier alpha value is -2.40. The summed E-state index contributed by atoms with van der Waals surface area (Å²) in [7, 11) is 0. The SMILES string of the molecule is O=C(CN1CC[C@H](CNc2ccccn2)C1)NC1(c2ccccc2)CCC1. The van der Waals surface area contributed by atoms with Gasteiger partial charge in [-0.1, -0.05) is 36.4 Å². The number of amides is 1. The van der Waals surface area contributed by atoms with E-state index < -0.39 is 0 Å². The summed E-state index contributed by atoms with van der Waals surface area (Å²) in [4.78, 5) is 19.3. The first kappa shape index (κ1) is 18.0. The van der Waals surface area contributed by atoms with E-state index in [1.165, 1.54) is 12.0 Å². The molecule has 2 N–H and O–H groups in total. The Morgan fingerprint density at radius 2 is 1.96 bits per heavy atom. The lowest BCUT2D eigenvalue weighted by Crippen LogP contribution is -2.53. The molecular weight excluding hydrogens is 336 g/mol. The number of hydrogen-bond acceptors (Lipinski definition) is 4. The van der Waals surface area contributed by atoms with Crippen LogP contribution in [0.1, 0.15) is 31.2 Å². The Bertz CT molecular complexity index is 745. The number of aromatic nitrogens is 1. The van der Waals surface area contributed by atoms with Gasteiger partial charge in [-0.25, -0.2) is 4.98 Å². The maximum Gasteiger partial charge on any atom is 0.234 e. The minimum Gasteiger partial charge on any atom is -0.370 e. The monoisotopic (exact) mass is 364 g/mol. The summed E-state index contributed by atoms with van der Waals surface area (Å²) in [5.41, 5.74) is 1.10. The van der Waals surface area contributed by atoms with Gasteiger partial charge in [0, 0.05) is 19.3 Å². The van der Waals surface area contributed by atoms with Crippen molar-refractivity contribution in [2.75, 3.05) is 31.5 Å². The third-order valence-electron chi connectivity index (χ3n) is 5.89. The number of anilines is 1. The first-order valence-electron chi connectivity index (χ1n) is 9.97. The van der Waals surface area contributed by atoms with E-state index in [1.807, 2.05) is 24.3 Å². The van der Waals surface area contributed by atoms with Crippen LogP contribution in [0, 0.1) is 5.92 Å². The van der Waals surface area contributed by atoms with Crippen LogP contribution in [0.3, 0.4) is 0 Å². The molecule has 1 aromatic heterocycles. The van der Waals surface area contributed by atoms with Gasteiger partial charge in [-0.3, -0.25) is 9.69 Å². The molecule has 1 aliphatic heterocycles. The number of carbonyl (C=O) groups excluding carboxylic acids is 1. The fraction of sp³-hybridized carbons (Fsp3) is 0.455. The van der Waals surface area contributed by atoms with Crippen LogP contribution in [0.5, 0.6) is 0 Å². The van der Waals surface area contributed by atoms with E-state index in [-0.39, 0.29) is 11.4 Å². The number of rotatable bonds is 7. The average molecular weight is 364 g/mol. The second-order valence-corrected chi connectivity index (χ2v) is 7.84. The summed E-state index contributed by atoms with van der Waals surface area (Å²) in [5.74, 6) is 1.63. The summed E-state index contributed by atoms with van der Waals surface area (Å²) < 4.78 is 0. The molecule has 2 aliphatic rings. The summed E-state index contributed by atoms with van der Waals surface area (Å²) in [6.45, 7) is 3.35. The Labute approximate surface area is 161 Å². The molecule has 1 saturated heterocycles. The first-order valence-corrected chi connectivity index (χ1v) is 9.97. The summed E-state index contributed by atoms with van der Waals surface area (Å²) in [5, 5.41) is 6.74.